The van der Waals surface area contributed by atoms with E-state index in [1.165, 1.54) is 25.7 Å². The zero-order valence-electron chi connectivity index (χ0n) is 12.0. The van der Waals surface area contributed by atoms with E-state index in [9.17, 15) is 4.79 Å². The van der Waals surface area contributed by atoms with Gasteiger partial charge in [0, 0.05) is 12.6 Å². The Bertz CT molecular complexity index is 239. The molecule has 0 aliphatic heterocycles. The van der Waals surface area contributed by atoms with Gasteiger partial charge in [-0.2, -0.15) is 0 Å². The molecule has 4 nitrogen and oxygen atoms in total. The number of carbonyl (C=O) groups is 1. The van der Waals surface area contributed by atoms with Gasteiger partial charge in [-0.1, -0.05) is 32.6 Å². The fourth-order valence-electron chi connectivity index (χ4n) is 2.55. The highest BCUT2D eigenvalue weighted by Crippen LogP contribution is 2.23. The lowest BCUT2D eigenvalue weighted by Gasteiger charge is -2.31. The first-order valence-corrected chi connectivity index (χ1v) is 7.35. The van der Waals surface area contributed by atoms with Crippen LogP contribution in [-0.2, 0) is 9.53 Å². The maximum atomic E-state index is 11.7. The van der Waals surface area contributed by atoms with Crippen molar-refractivity contribution in [2.24, 2.45) is 11.7 Å². The minimum absolute atomic E-state index is 0. The highest BCUT2D eigenvalue weighted by molar-refractivity contribution is 5.85. The van der Waals surface area contributed by atoms with Crippen LogP contribution in [0.2, 0.25) is 0 Å². The van der Waals surface area contributed by atoms with Gasteiger partial charge in [0.1, 0.15) is 6.61 Å². The fourth-order valence-corrected chi connectivity index (χ4v) is 2.55. The summed E-state index contributed by atoms with van der Waals surface area (Å²) in [4.78, 5) is 11.7. The number of amides is 1. The molecule has 0 aromatic carbocycles. The van der Waals surface area contributed by atoms with Crippen molar-refractivity contribution in [1.29, 1.82) is 0 Å². The number of hydrogen-bond acceptors (Lipinski definition) is 3. The van der Waals surface area contributed by atoms with Crippen LogP contribution in [0, 0.1) is 5.92 Å². The summed E-state index contributed by atoms with van der Waals surface area (Å²) in [7, 11) is 0. The second-order valence-electron chi connectivity index (χ2n) is 5.21. The minimum atomic E-state index is 0. The van der Waals surface area contributed by atoms with Crippen molar-refractivity contribution in [3.8, 4) is 0 Å². The van der Waals surface area contributed by atoms with Gasteiger partial charge in [-0.05, 0) is 31.7 Å². The third kappa shape index (κ3) is 7.75. The smallest absolute Gasteiger partial charge is 0.246 e. The van der Waals surface area contributed by atoms with E-state index in [4.69, 9.17) is 10.5 Å². The van der Waals surface area contributed by atoms with Crippen LogP contribution >= 0.6 is 12.4 Å². The molecular weight excluding hydrogens is 264 g/mol. The van der Waals surface area contributed by atoms with Gasteiger partial charge in [-0.15, -0.1) is 12.4 Å². The molecule has 114 valence electrons. The van der Waals surface area contributed by atoms with Gasteiger partial charge < -0.3 is 15.8 Å². The van der Waals surface area contributed by atoms with E-state index in [1.807, 2.05) is 0 Å². The van der Waals surface area contributed by atoms with E-state index in [1.54, 1.807) is 0 Å². The van der Waals surface area contributed by atoms with Crippen molar-refractivity contribution in [2.45, 2.75) is 57.9 Å². The van der Waals surface area contributed by atoms with E-state index < -0.39 is 0 Å². The average molecular weight is 293 g/mol. The van der Waals surface area contributed by atoms with E-state index in [0.717, 1.165) is 19.3 Å². The Labute approximate surface area is 123 Å². The summed E-state index contributed by atoms with van der Waals surface area (Å²) < 4.78 is 5.36. The number of ether oxygens (including phenoxy) is 1. The Morgan fingerprint density at radius 2 is 2.05 bits per heavy atom. The summed E-state index contributed by atoms with van der Waals surface area (Å²) in [6, 6.07) is 0.260. The lowest BCUT2D eigenvalue weighted by atomic mass is 9.84. The molecule has 1 rings (SSSR count). The summed E-state index contributed by atoms with van der Waals surface area (Å²) in [6.45, 7) is 3.70. The molecule has 0 saturated heterocycles. The molecule has 19 heavy (non-hydrogen) atoms. The zero-order valence-corrected chi connectivity index (χ0v) is 12.8. The molecule has 2 atom stereocenters. The molecule has 0 spiro atoms. The molecule has 0 aromatic heterocycles. The van der Waals surface area contributed by atoms with Crippen LogP contribution in [-0.4, -0.2) is 31.7 Å². The summed E-state index contributed by atoms with van der Waals surface area (Å²) in [6.07, 6.45) is 8.01. The molecule has 0 bridgehead atoms. The number of nitrogens with one attached hydrogen (secondary N) is 1. The van der Waals surface area contributed by atoms with Crippen LogP contribution < -0.4 is 11.1 Å². The third-order valence-corrected chi connectivity index (χ3v) is 3.68. The Hall–Kier alpha value is -0.320. The molecule has 1 saturated carbocycles. The Balaban J connectivity index is 0.00000324. The van der Waals surface area contributed by atoms with Crippen molar-refractivity contribution >= 4 is 18.3 Å². The van der Waals surface area contributed by atoms with Crippen molar-refractivity contribution in [3.05, 3.63) is 0 Å². The number of halogens is 1. The van der Waals surface area contributed by atoms with Crippen molar-refractivity contribution in [1.82, 2.24) is 5.32 Å². The lowest BCUT2D eigenvalue weighted by molar-refractivity contribution is -0.127. The first-order valence-electron chi connectivity index (χ1n) is 7.35. The van der Waals surface area contributed by atoms with Crippen LogP contribution in [0.15, 0.2) is 0 Å². The second kappa shape index (κ2) is 11.5. The molecule has 1 amide bonds. The molecule has 0 heterocycles. The van der Waals surface area contributed by atoms with Gasteiger partial charge >= 0.3 is 0 Å². The molecular formula is C14H29ClN2O2. The van der Waals surface area contributed by atoms with E-state index in [2.05, 4.69) is 12.2 Å². The van der Waals surface area contributed by atoms with Gasteiger partial charge in [0.05, 0.1) is 0 Å². The maximum Gasteiger partial charge on any atom is 0.246 e. The van der Waals surface area contributed by atoms with Crippen LogP contribution in [0.4, 0.5) is 0 Å². The van der Waals surface area contributed by atoms with E-state index in [0.29, 0.717) is 19.1 Å². The van der Waals surface area contributed by atoms with Gasteiger partial charge in [-0.25, -0.2) is 0 Å². The maximum absolute atomic E-state index is 11.7. The molecule has 1 aliphatic carbocycles. The Morgan fingerprint density at radius 3 is 2.74 bits per heavy atom. The Morgan fingerprint density at radius 1 is 1.32 bits per heavy atom. The predicted molar refractivity (Wildman–Crippen MR) is 80.5 cm³/mol. The third-order valence-electron chi connectivity index (χ3n) is 3.68. The lowest BCUT2D eigenvalue weighted by Crippen LogP contribution is -2.45. The predicted octanol–water partition coefficient (Wildman–Crippen LogP) is 2.25. The SMILES string of the molecule is CCCCCOCC(=O)NC1CCCCC1CN.Cl. The summed E-state index contributed by atoms with van der Waals surface area (Å²) in [5, 5.41) is 3.07. The van der Waals surface area contributed by atoms with E-state index >= 15 is 0 Å². The van der Waals surface area contributed by atoms with Gasteiger partial charge in [0.15, 0.2) is 0 Å². The van der Waals surface area contributed by atoms with E-state index in [-0.39, 0.29) is 31.0 Å². The second-order valence-corrected chi connectivity index (χ2v) is 5.21. The van der Waals surface area contributed by atoms with Crippen molar-refractivity contribution in [3.63, 3.8) is 0 Å². The number of rotatable bonds is 8. The molecule has 2 unspecified atom stereocenters. The first kappa shape index (κ1) is 18.7. The first-order chi connectivity index (χ1) is 8.77. The summed E-state index contributed by atoms with van der Waals surface area (Å²) in [5.74, 6) is 0.458. The van der Waals surface area contributed by atoms with Gasteiger partial charge in [0.25, 0.3) is 0 Å². The topological polar surface area (TPSA) is 64.3 Å². The number of unbranched alkanes of at least 4 members (excludes halogenated alkanes) is 2. The number of hydrogen-bond donors (Lipinski definition) is 2. The zero-order chi connectivity index (χ0) is 13.2. The molecule has 5 heteroatoms. The average Bonchev–Trinajstić information content (AvgIpc) is 2.39. The molecule has 0 radical (unpaired) electrons. The quantitative estimate of drug-likeness (QED) is 0.675. The van der Waals surface area contributed by atoms with Gasteiger partial charge in [0.2, 0.25) is 5.91 Å². The molecule has 1 fully saturated rings. The molecule has 1 aliphatic rings. The normalized spacial score (nSPS) is 22.6. The summed E-state index contributed by atoms with van der Waals surface area (Å²) in [5.41, 5.74) is 5.74. The van der Waals surface area contributed by atoms with Crippen molar-refractivity contribution in [2.75, 3.05) is 19.8 Å². The Kier molecular flexibility index (Phi) is 11.3. The van der Waals surface area contributed by atoms with Gasteiger partial charge in [-0.3, -0.25) is 4.79 Å². The number of nitrogens with two attached hydrogens (primary N) is 1. The molecule has 3 N–H and O–H groups in total. The monoisotopic (exact) mass is 292 g/mol. The van der Waals surface area contributed by atoms with Crippen LogP contribution in [0.3, 0.4) is 0 Å². The standard InChI is InChI=1S/C14H28N2O2.ClH/c1-2-3-6-9-18-11-14(17)16-13-8-5-4-7-12(13)10-15;/h12-13H,2-11,15H2,1H3,(H,16,17);1H. The number of carbonyl (C=O) groups excluding carboxylic acids is 1. The minimum Gasteiger partial charge on any atom is -0.372 e. The fraction of sp³-hybridized carbons (Fsp3) is 0.929. The van der Waals surface area contributed by atoms with Crippen LogP contribution in [0.25, 0.3) is 0 Å². The highest BCUT2D eigenvalue weighted by Gasteiger charge is 2.25. The summed E-state index contributed by atoms with van der Waals surface area (Å²) >= 11 is 0. The largest absolute Gasteiger partial charge is 0.372 e. The van der Waals surface area contributed by atoms with Crippen molar-refractivity contribution < 1.29 is 9.53 Å². The molecule has 0 aromatic rings. The highest BCUT2D eigenvalue weighted by atomic mass is 35.5. The van der Waals surface area contributed by atoms with Crippen LogP contribution in [0.1, 0.15) is 51.9 Å². The van der Waals surface area contributed by atoms with Crippen LogP contribution in [0.5, 0.6) is 0 Å².